The fraction of sp³-hybridized carbons (Fsp3) is 0.133. The molecule has 0 aliphatic heterocycles. The average Bonchev–Trinajstić information content (AvgIpc) is 2.93. The van der Waals surface area contributed by atoms with Gasteiger partial charge in [-0.3, -0.25) is 0 Å². The van der Waals surface area contributed by atoms with Gasteiger partial charge < -0.3 is 9.84 Å². The zero-order chi connectivity index (χ0) is 16.3. The SMILES string of the molecule is COC(=O)c1ccc(C#Cc2ccc(O)cc2C(F)(F)F)s1. The third kappa shape index (κ3) is 3.59. The normalized spacial score (nSPS) is 10.7. The Morgan fingerprint density at radius 3 is 2.59 bits per heavy atom. The van der Waals surface area contributed by atoms with Crippen LogP contribution >= 0.6 is 11.3 Å². The van der Waals surface area contributed by atoms with Crippen LogP contribution in [0.4, 0.5) is 13.2 Å². The second-order valence-electron chi connectivity index (χ2n) is 4.13. The number of phenols is 1. The van der Waals surface area contributed by atoms with Crippen LogP contribution in [0.2, 0.25) is 0 Å². The van der Waals surface area contributed by atoms with Gasteiger partial charge in [0.15, 0.2) is 0 Å². The molecule has 1 aromatic carbocycles. The molecule has 0 fully saturated rings. The first-order valence-electron chi connectivity index (χ1n) is 5.91. The summed E-state index contributed by atoms with van der Waals surface area (Å²) in [4.78, 5) is 12.0. The van der Waals surface area contributed by atoms with Gasteiger partial charge >= 0.3 is 12.1 Å². The maximum atomic E-state index is 12.9. The molecular weight excluding hydrogens is 317 g/mol. The van der Waals surface area contributed by atoms with Crippen molar-refractivity contribution in [1.29, 1.82) is 0 Å². The third-order valence-electron chi connectivity index (χ3n) is 2.62. The number of phenolic OH excluding ortho intramolecular Hbond substituents is 1. The van der Waals surface area contributed by atoms with Gasteiger partial charge in [0.2, 0.25) is 0 Å². The van der Waals surface area contributed by atoms with Crippen molar-refractivity contribution in [2.24, 2.45) is 0 Å². The summed E-state index contributed by atoms with van der Waals surface area (Å²) in [6.07, 6.45) is -4.62. The number of benzene rings is 1. The first-order valence-corrected chi connectivity index (χ1v) is 6.73. The monoisotopic (exact) mass is 326 g/mol. The Kier molecular flexibility index (Phi) is 4.43. The van der Waals surface area contributed by atoms with Gasteiger partial charge in [0.25, 0.3) is 0 Å². The van der Waals surface area contributed by atoms with E-state index in [4.69, 9.17) is 0 Å². The second-order valence-corrected chi connectivity index (χ2v) is 5.22. The van der Waals surface area contributed by atoms with Gasteiger partial charge in [0.05, 0.1) is 17.6 Å². The van der Waals surface area contributed by atoms with Gasteiger partial charge in [-0.2, -0.15) is 13.2 Å². The number of halogens is 3. The number of rotatable bonds is 1. The topological polar surface area (TPSA) is 46.5 Å². The predicted molar refractivity (Wildman–Crippen MR) is 74.7 cm³/mol. The molecule has 22 heavy (non-hydrogen) atoms. The maximum Gasteiger partial charge on any atom is 0.417 e. The average molecular weight is 326 g/mol. The van der Waals surface area contributed by atoms with Crippen LogP contribution in [0.1, 0.15) is 25.7 Å². The highest BCUT2D eigenvalue weighted by molar-refractivity contribution is 7.14. The molecule has 0 atom stereocenters. The van der Waals surface area contributed by atoms with E-state index in [2.05, 4.69) is 16.6 Å². The van der Waals surface area contributed by atoms with Crippen molar-refractivity contribution in [3.05, 3.63) is 51.2 Å². The van der Waals surface area contributed by atoms with E-state index in [-0.39, 0.29) is 5.56 Å². The molecule has 0 saturated heterocycles. The number of thiophene rings is 1. The van der Waals surface area contributed by atoms with Crippen LogP contribution in [0.5, 0.6) is 5.75 Å². The first kappa shape index (κ1) is 15.9. The lowest BCUT2D eigenvalue weighted by Gasteiger charge is -2.09. The minimum Gasteiger partial charge on any atom is -0.508 e. The smallest absolute Gasteiger partial charge is 0.417 e. The third-order valence-corrected chi connectivity index (χ3v) is 3.60. The van der Waals surface area contributed by atoms with Gasteiger partial charge in [0.1, 0.15) is 10.6 Å². The number of hydrogen-bond acceptors (Lipinski definition) is 4. The van der Waals surface area contributed by atoms with E-state index in [1.807, 2.05) is 0 Å². The molecule has 0 saturated carbocycles. The molecule has 2 rings (SSSR count). The van der Waals surface area contributed by atoms with Crippen molar-refractivity contribution < 1.29 is 27.8 Å². The minimum absolute atomic E-state index is 0.252. The lowest BCUT2D eigenvalue weighted by Crippen LogP contribution is -2.07. The summed E-state index contributed by atoms with van der Waals surface area (Å²) in [6.45, 7) is 0. The van der Waals surface area contributed by atoms with Crippen LogP contribution in [-0.2, 0) is 10.9 Å². The molecule has 1 N–H and O–H groups in total. The van der Waals surface area contributed by atoms with Crippen molar-refractivity contribution in [3.8, 4) is 17.6 Å². The minimum atomic E-state index is -4.62. The summed E-state index contributed by atoms with van der Waals surface area (Å²) >= 11 is 1.02. The molecule has 2 aromatic rings. The summed E-state index contributed by atoms with van der Waals surface area (Å²) in [5.74, 6) is 3.97. The first-order chi connectivity index (χ1) is 10.3. The summed E-state index contributed by atoms with van der Waals surface area (Å²) < 4.78 is 43.2. The van der Waals surface area contributed by atoms with Crippen LogP contribution in [-0.4, -0.2) is 18.2 Å². The fourth-order valence-electron chi connectivity index (χ4n) is 1.62. The number of carbonyl (C=O) groups excluding carboxylic acids is 1. The molecule has 0 aliphatic carbocycles. The summed E-state index contributed by atoms with van der Waals surface area (Å²) in [5, 5.41) is 9.18. The van der Waals surface area contributed by atoms with Crippen LogP contribution in [0.3, 0.4) is 0 Å². The summed E-state index contributed by atoms with van der Waals surface area (Å²) in [5.41, 5.74) is -1.26. The molecule has 1 heterocycles. The van der Waals surface area contributed by atoms with E-state index >= 15 is 0 Å². The molecular formula is C15H9F3O3S. The van der Waals surface area contributed by atoms with Crippen molar-refractivity contribution >= 4 is 17.3 Å². The number of methoxy groups -OCH3 is 1. The molecule has 0 aliphatic rings. The molecule has 114 valence electrons. The van der Waals surface area contributed by atoms with Crippen LogP contribution < -0.4 is 0 Å². The van der Waals surface area contributed by atoms with E-state index in [0.717, 1.165) is 23.5 Å². The Bertz CT molecular complexity index is 766. The fourth-order valence-corrected chi connectivity index (χ4v) is 2.40. The zero-order valence-corrected chi connectivity index (χ0v) is 12.0. The van der Waals surface area contributed by atoms with Gasteiger partial charge in [-0.25, -0.2) is 4.79 Å². The standard InChI is InChI=1S/C15H9F3O3S/c1-21-14(20)13-7-6-11(22-13)5-3-9-2-4-10(19)8-12(9)15(16,17)18/h2,4,6-8,19H,1H3. The Morgan fingerprint density at radius 1 is 1.23 bits per heavy atom. The number of aromatic hydroxyl groups is 1. The van der Waals surface area contributed by atoms with Gasteiger partial charge in [-0.05, 0) is 30.3 Å². The number of esters is 1. The molecule has 0 radical (unpaired) electrons. The van der Waals surface area contributed by atoms with Crippen LogP contribution in [0.15, 0.2) is 30.3 Å². The maximum absolute atomic E-state index is 12.9. The van der Waals surface area contributed by atoms with E-state index in [9.17, 15) is 23.1 Å². The van der Waals surface area contributed by atoms with Crippen LogP contribution in [0.25, 0.3) is 0 Å². The highest BCUT2D eigenvalue weighted by atomic mass is 32.1. The van der Waals surface area contributed by atoms with Gasteiger partial charge in [-0.15, -0.1) is 11.3 Å². The van der Waals surface area contributed by atoms with E-state index in [1.54, 1.807) is 0 Å². The number of carbonyl (C=O) groups is 1. The molecule has 0 spiro atoms. The van der Waals surface area contributed by atoms with Gasteiger partial charge in [0, 0.05) is 5.56 Å². The highest BCUT2D eigenvalue weighted by Crippen LogP contribution is 2.33. The van der Waals surface area contributed by atoms with Crippen molar-refractivity contribution in [3.63, 3.8) is 0 Å². The largest absolute Gasteiger partial charge is 0.508 e. The molecule has 1 aromatic heterocycles. The zero-order valence-electron chi connectivity index (χ0n) is 11.2. The molecule has 0 bridgehead atoms. The molecule has 0 amide bonds. The number of alkyl halides is 3. The lowest BCUT2D eigenvalue weighted by atomic mass is 10.1. The predicted octanol–water partition coefficient (Wildman–Crippen LogP) is 3.66. The second kappa shape index (κ2) is 6.12. The summed E-state index contributed by atoms with van der Waals surface area (Å²) in [6, 6.07) is 5.87. The Labute approximate surface area is 128 Å². The Morgan fingerprint density at radius 2 is 1.95 bits per heavy atom. The quantitative estimate of drug-likeness (QED) is 0.643. The van der Waals surface area contributed by atoms with Gasteiger partial charge in [-0.1, -0.05) is 11.8 Å². The Hall–Kier alpha value is -2.46. The Balaban J connectivity index is 2.36. The number of ether oxygens (including phenoxy) is 1. The number of hydrogen-bond donors (Lipinski definition) is 1. The lowest BCUT2D eigenvalue weighted by molar-refractivity contribution is -0.137. The van der Waals surface area contributed by atoms with Crippen molar-refractivity contribution in [2.45, 2.75) is 6.18 Å². The van der Waals surface area contributed by atoms with E-state index in [0.29, 0.717) is 15.8 Å². The van der Waals surface area contributed by atoms with E-state index < -0.39 is 23.5 Å². The molecule has 0 unspecified atom stereocenters. The highest BCUT2D eigenvalue weighted by Gasteiger charge is 2.33. The summed E-state index contributed by atoms with van der Waals surface area (Å²) in [7, 11) is 1.24. The van der Waals surface area contributed by atoms with Crippen molar-refractivity contribution in [1.82, 2.24) is 0 Å². The molecule has 3 nitrogen and oxygen atoms in total. The molecule has 7 heteroatoms. The van der Waals surface area contributed by atoms with Crippen LogP contribution in [0, 0.1) is 11.8 Å². The van der Waals surface area contributed by atoms with Crippen molar-refractivity contribution in [2.75, 3.05) is 7.11 Å². The van der Waals surface area contributed by atoms with E-state index in [1.165, 1.54) is 19.2 Å².